The fraction of sp³-hybridized carbons (Fsp3) is 0.467. The molecule has 1 unspecified atom stereocenters. The van der Waals surface area contributed by atoms with Gasteiger partial charge in [0, 0.05) is 4.88 Å². The van der Waals surface area contributed by atoms with E-state index in [0.717, 1.165) is 5.76 Å². The predicted molar refractivity (Wildman–Crippen MR) is 80.1 cm³/mol. The van der Waals surface area contributed by atoms with E-state index in [4.69, 9.17) is 4.42 Å². The monoisotopic (exact) mass is 292 g/mol. The van der Waals surface area contributed by atoms with E-state index in [1.54, 1.807) is 6.20 Å². The molecule has 0 saturated heterocycles. The number of rotatable bonds is 3. The van der Waals surface area contributed by atoms with Gasteiger partial charge in [-0.15, -0.1) is 11.3 Å². The molecule has 1 atom stereocenters. The van der Waals surface area contributed by atoms with Gasteiger partial charge >= 0.3 is 0 Å². The van der Waals surface area contributed by atoms with E-state index in [9.17, 15) is 4.79 Å². The lowest BCUT2D eigenvalue weighted by atomic mass is 9.95. The number of carbonyl (C=O) groups excluding carboxylic acids is 1. The van der Waals surface area contributed by atoms with Gasteiger partial charge in [0.1, 0.15) is 11.8 Å². The van der Waals surface area contributed by atoms with Gasteiger partial charge in [-0.1, -0.05) is 20.8 Å². The number of nitrogens with zero attached hydrogens (tertiary/aromatic N) is 1. The van der Waals surface area contributed by atoms with Crippen molar-refractivity contribution in [2.24, 2.45) is 0 Å². The summed E-state index contributed by atoms with van der Waals surface area (Å²) in [5, 5.41) is 2.91. The Bertz CT molecular complexity index is 607. The zero-order valence-electron chi connectivity index (χ0n) is 12.5. The van der Waals surface area contributed by atoms with Crippen LogP contribution >= 0.6 is 11.3 Å². The molecule has 2 rings (SSSR count). The Labute approximate surface area is 123 Å². The third-order valence-corrected chi connectivity index (χ3v) is 4.44. The summed E-state index contributed by atoms with van der Waals surface area (Å²) in [5.74, 6) is 1.18. The van der Waals surface area contributed by atoms with Gasteiger partial charge in [-0.3, -0.25) is 4.79 Å². The number of hydrogen-bond donors (Lipinski definition) is 1. The second kappa shape index (κ2) is 5.40. The minimum atomic E-state index is -0.239. The van der Waals surface area contributed by atoms with E-state index >= 15 is 0 Å². The fourth-order valence-electron chi connectivity index (χ4n) is 1.76. The van der Waals surface area contributed by atoms with E-state index in [1.807, 2.05) is 26.0 Å². The molecule has 2 aromatic heterocycles. The predicted octanol–water partition coefficient (Wildman–Crippen LogP) is 3.83. The van der Waals surface area contributed by atoms with Crippen LogP contribution in [0.2, 0.25) is 0 Å². The van der Waals surface area contributed by atoms with E-state index in [2.05, 4.69) is 31.1 Å². The van der Waals surface area contributed by atoms with Crippen molar-refractivity contribution in [1.29, 1.82) is 0 Å². The number of aromatic nitrogens is 1. The molecular formula is C15H20N2O2S. The number of hydrogen-bond acceptors (Lipinski definition) is 4. The van der Waals surface area contributed by atoms with Crippen LogP contribution in [0.4, 0.5) is 0 Å². The Balaban J connectivity index is 2.07. The topological polar surface area (TPSA) is 55.1 Å². The summed E-state index contributed by atoms with van der Waals surface area (Å²) >= 11 is 1.53. The molecule has 20 heavy (non-hydrogen) atoms. The molecule has 4 nitrogen and oxygen atoms in total. The number of thiophene rings is 1. The highest BCUT2D eigenvalue weighted by Gasteiger charge is 2.20. The molecule has 2 aromatic rings. The molecule has 0 aliphatic rings. The molecule has 1 amide bonds. The summed E-state index contributed by atoms with van der Waals surface area (Å²) in [6.07, 6.45) is 1.65. The average molecular weight is 292 g/mol. The first-order valence-corrected chi connectivity index (χ1v) is 7.42. The highest BCUT2D eigenvalue weighted by atomic mass is 32.1. The normalized spacial score (nSPS) is 13.2. The summed E-state index contributed by atoms with van der Waals surface area (Å²) in [7, 11) is 0. The highest BCUT2D eigenvalue weighted by Crippen LogP contribution is 2.29. The molecule has 0 fully saturated rings. The molecule has 108 valence electrons. The van der Waals surface area contributed by atoms with Crippen LogP contribution in [0.5, 0.6) is 0 Å². The Morgan fingerprint density at radius 2 is 2.10 bits per heavy atom. The van der Waals surface area contributed by atoms with Crippen molar-refractivity contribution in [3.05, 3.63) is 39.7 Å². The standard InChI is InChI=1S/C15H20N2O2S/c1-9-8-16-14(19-9)10(2)17-13(18)11-6-7-12(20-11)15(3,4)5/h6-8,10H,1-5H3,(H,17,18). The van der Waals surface area contributed by atoms with Crippen LogP contribution in [0.3, 0.4) is 0 Å². The van der Waals surface area contributed by atoms with Crippen LogP contribution in [0.25, 0.3) is 0 Å². The molecule has 0 aliphatic carbocycles. The number of nitrogens with one attached hydrogen (secondary N) is 1. The third-order valence-electron chi connectivity index (χ3n) is 2.93. The van der Waals surface area contributed by atoms with Gasteiger partial charge in [0.15, 0.2) is 0 Å². The van der Waals surface area contributed by atoms with E-state index in [0.29, 0.717) is 10.8 Å². The molecule has 2 heterocycles. The number of amides is 1. The number of oxazole rings is 1. The van der Waals surface area contributed by atoms with Gasteiger partial charge in [0.25, 0.3) is 5.91 Å². The van der Waals surface area contributed by atoms with Gasteiger partial charge in [-0.2, -0.15) is 0 Å². The zero-order chi connectivity index (χ0) is 14.9. The van der Waals surface area contributed by atoms with Gasteiger partial charge in [-0.25, -0.2) is 4.98 Å². The minimum absolute atomic E-state index is 0.0640. The highest BCUT2D eigenvalue weighted by molar-refractivity contribution is 7.14. The fourth-order valence-corrected chi connectivity index (χ4v) is 2.73. The number of carbonyl (C=O) groups is 1. The van der Waals surface area contributed by atoms with Gasteiger partial charge < -0.3 is 9.73 Å². The SMILES string of the molecule is Cc1cnc(C(C)NC(=O)c2ccc(C(C)(C)C)s2)o1. The average Bonchev–Trinajstić information content (AvgIpc) is 2.95. The molecule has 0 saturated carbocycles. The first-order valence-electron chi connectivity index (χ1n) is 6.61. The Morgan fingerprint density at radius 3 is 2.60 bits per heavy atom. The molecular weight excluding hydrogens is 272 g/mol. The summed E-state index contributed by atoms with van der Waals surface area (Å²) < 4.78 is 5.42. The molecule has 0 radical (unpaired) electrons. The lowest BCUT2D eigenvalue weighted by Crippen LogP contribution is -2.26. The van der Waals surface area contributed by atoms with Crippen molar-refractivity contribution in [3.8, 4) is 0 Å². The van der Waals surface area contributed by atoms with Crippen molar-refractivity contribution in [1.82, 2.24) is 10.3 Å². The van der Waals surface area contributed by atoms with Crippen molar-refractivity contribution in [2.45, 2.75) is 46.1 Å². The van der Waals surface area contributed by atoms with Crippen LogP contribution in [-0.4, -0.2) is 10.9 Å². The first-order chi connectivity index (χ1) is 9.27. The Hall–Kier alpha value is -1.62. The van der Waals surface area contributed by atoms with Crippen LogP contribution in [0.1, 0.15) is 59.9 Å². The summed E-state index contributed by atoms with van der Waals surface area (Å²) in [4.78, 5) is 18.2. The lowest BCUT2D eigenvalue weighted by molar-refractivity contribution is 0.0938. The summed E-state index contributed by atoms with van der Waals surface area (Å²) in [6.45, 7) is 10.1. The van der Waals surface area contributed by atoms with Crippen molar-refractivity contribution >= 4 is 17.2 Å². The van der Waals surface area contributed by atoms with Crippen LogP contribution in [0, 0.1) is 6.92 Å². The second-order valence-corrected chi connectivity index (χ2v) is 7.00. The van der Waals surface area contributed by atoms with Crippen LogP contribution in [0.15, 0.2) is 22.7 Å². The Morgan fingerprint density at radius 1 is 1.40 bits per heavy atom. The molecule has 0 aliphatic heterocycles. The van der Waals surface area contributed by atoms with E-state index in [-0.39, 0.29) is 17.4 Å². The molecule has 0 spiro atoms. The maximum Gasteiger partial charge on any atom is 0.261 e. The molecule has 0 bridgehead atoms. The van der Waals surface area contributed by atoms with Crippen molar-refractivity contribution in [3.63, 3.8) is 0 Å². The minimum Gasteiger partial charge on any atom is -0.444 e. The Kier molecular flexibility index (Phi) is 3.99. The van der Waals surface area contributed by atoms with Crippen molar-refractivity contribution in [2.75, 3.05) is 0 Å². The van der Waals surface area contributed by atoms with Gasteiger partial charge in [-0.05, 0) is 31.4 Å². The van der Waals surface area contributed by atoms with Gasteiger partial charge in [0.2, 0.25) is 5.89 Å². The van der Waals surface area contributed by atoms with Crippen molar-refractivity contribution < 1.29 is 9.21 Å². The van der Waals surface area contributed by atoms with Crippen LogP contribution in [-0.2, 0) is 5.41 Å². The number of aryl methyl sites for hydroxylation is 1. The lowest BCUT2D eigenvalue weighted by Gasteiger charge is -2.15. The first kappa shape index (κ1) is 14.8. The second-order valence-electron chi connectivity index (χ2n) is 5.92. The zero-order valence-corrected chi connectivity index (χ0v) is 13.3. The maximum atomic E-state index is 12.2. The quantitative estimate of drug-likeness (QED) is 0.935. The van der Waals surface area contributed by atoms with E-state index in [1.165, 1.54) is 16.2 Å². The maximum absolute atomic E-state index is 12.2. The molecule has 0 aromatic carbocycles. The largest absolute Gasteiger partial charge is 0.444 e. The third kappa shape index (κ3) is 3.28. The van der Waals surface area contributed by atoms with E-state index < -0.39 is 0 Å². The summed E-state index contributed by atoms with van der Waals surface area (Å²) in [5.41, 5.74) is 0.0640. The molecule has 1 N–H and O–H groups in total. The van der Waals surface area contributed by atoms with Crippen LogP contribution < -0.4 is 5.32 Å². The summed E-state index contributed by atoms with van der Waals surface area (Å²) in [6, 6.07) is 3.64. The molecule has 5 heteroatoms. The smallest absolute Gasteiger partial charge is 0.261 e. The van der Waals surface area contributed by atoms with Gasteiger partial charge in [0.05, 0.1) is 11.1 Å².